The summed E-state index contributed by atoms with van der Waals surface area (Å²) in [5, 5.41) is 2.79. The Balaban J connectivity index is 1.34. The van der Waals surface area contributed by atoms with Crippen LogP contribution in [0.3, 0.4) is 0 Å². The fourth-order valence-electron chi connectivity index (χ4n) is 3.38. The SMILES string of the molecule is O=C(NCCc1ccccc1F)c1cnc(N2CCc3ccccc3C2)nc1. The maximum absolute atomic E-state index is 13.6. The van der Waals surface area contributed by atoms with Crippen molar-refractivity contribution in [2.24, 2.45) is 0 Å². The molecule has 1 aliphatic rings. The van der Waals surface area contributed by atoms with E-state index in [2.05, 4.69) is 38.4 Å². The molecule has 1 aliphatic heterocycles. The normalized spacial score (nSPS) is 13.1. The number of anilines is 1. The van der Waals surface area contributed by atoms with Gasteiger partial charge in [-0.3, -0.25) is 4.79 Å². The number of aromatic nitrogens is 2. The van der Waals surface area contributed by atoms with Crippen molar-refractivity contribution < 1.29 is 9.18 Å². The van der Waals surface area contributed by atoms with Crippen molar-refractivity contribution in [1.82, 2.24) is 15.3 Å². The summed E-state index contributed by atoms with van der Waals surface area (Å²) in [6, 6.07) is 14.9. The van der Waals surface area contributed by atoms with E-state index in [-0.39, 0.29) is 11.7 Å². The largest absolute Gasteiger partial charge is 0.352 e. The third-order valence-corrected chi connectivity index (χ3v) is 4.95. The molecular weight excluding hydrogens is 355 g/mol. The third kappa shape index (κ3) is 4.01. The van der Waals surface area contributed by atoms with Crippen LogP contribution in [0, 0.1) is 5.82 Å². The molecule has 3 aromatic rings. The molecule has 0 aliphatic carbocycles. The minimum Gasteiger partial charge on any atom is -0.352 e. The summed E-state index contributed by atoms with van der Waals surface area (Å²) in [7, 11) is 0. The highest BCUT2D eigenvalue weighted by Crippen LogP contribution is 2.21. The predicted octanol–water partition coefficient (Wildman–Crippen LogP) is 3.15. The van der Waals surface area contributed by atoms with Gasteiger partial charge in [-0.2, -0.15) is 0 Å². The molecular formula is C22H21FN4O. The third-order valence-electron chi connectivity index (χ3n) is 4.95. The van der Waals surface area contributed by atoms with E-state index in [0.717, 1.165) is 19.5 Å². The van der Waals surface area contributed by atoms with Gasteiger partial charge in [0.2, 0.25) is 5.95 Å². The zero-order valence-electron chi connectivity index (χ0n) is 15.4. The Morgan fingerprint density at radius 2 is 1.75 bits per heavy atom. The Bertz CT molecular complexity index is 974. The van der Waals surface area contributed by atoms with Crippen LogP contribution in [0.15, 0.2) is 60.9 Å². The Hall–Kier alpha value is -3.28. The summed E-state index contributed by atoms with van der Waals surface area (Å²) in [5.74, 6) is 0.108. The number of hydrogen-bond acceptors (Lipinski definition) is 4. The second-order valence-corrected chi connectivity index (χ2v) is 6.81. The van der Waals surface area contributed by atoms with E-state index >= 15 is 0 Å². The molecule has 6 heteroatoms. The van der Waals surface area contributed by atoms with Gasteiger partial charge in [-0.05, 0) is 35.6 Å². The molecule has 0 fully saturated rings. The van der Waals surface area contributed by atoms with Crippen molar-refractivity contribution >= 4 is 11.9 Å². The Labute approximate surface area is 163 Å². The number of amides is 1. The summed E-state index contributed by atoms with van der Waals surface area (Å²) in [5.41, 5.74) is 3.63. The lowest BCUT2D eigenvalue weighted by molar-refractivity contribution is 0.0953. The van der Waals surface area contributed by atoms with E-state index in [4.69, 9.17) is 0 Å². The summed E-state index contributed by atoms with van der Waals surface area (Å²) in [4.78, 5) is 23.1. The van der Waals surface area contributed by atoms with Crippen LogP contribution in [0.4, 0.5) is 10.3 Å². The first-order valence-electron chi connectivity index (χ1n) is 9.36. The smallest absolute Gasteiger partial charge is 0.254 e. The topological polar surface area (TPSA) is 58.1 Å². The van der Waals surface area contributed by atoms with Crippen molar-refractivity contribution in [2.75, 3.05) is 18.0 Å². The Morgan fingerprint density at radius 1 is 1.04 bits per heavy atom. The number of carbonyl (C=O) groups excluding carboxylic acids is 1. The lowest BCUT2D eigenvalue weighted by atomic mass is 10.0. The van der Waals surface area contributed by atoms with Crippen LogP contribution >= 0.6 is 0 Å². The second-order valence-electron chi connectivity index (χ2n) is 6.81. The molecule has 0 unspecified atom stereocenters. The number of hydrogen-bond donors (Lipinski definition) is 1. The molecule has 2 aromatic carbocycles. The highest BCUT2D eigenvalue weighted by atomic mass is 19.1. The van der Waals surface area contributed by atoms with Crippen molar-refractivity contribution in [1.29, 1.82) is 0 Å². The number of nitrogens with one attached hydrogen (secondary N) is 1. The van der Waals surface area contributed by atoms with Crippen molar-refractivity contribution in [3.63, 3.8) is 0 Å². The molecule has 0 radical (unpaired) electrons. The summed E-state index contributed by atoms with van der Waals surface area (Å²) in [6.07, 6.45) is 4.48. The van der Waals surface area contributed by atoms with E-state index < -0.39 is 0 Å². The van der Waals surface area contributed by atoms with Crippen LogP contribution in [-0.4, -0.2) is 29.0 Å². The summed E-state index contributed by atoms with van der Waals surface area (Å²) in [6.45, 7) is 1.97. The number of benzene rings is 2. The molecule has 0 atom stereocenters. The van der Waals surface area contributed by atoms with Crippen LogP contribution in [0.2, 0.25) is 0 Å². The molecule has 1 N–H and O–H groups in total. The van der Waals surface area contributed by atoms with E-state index in [0.29, 0.717) is 30.0 Å². The zero-order chi connectivity index (χ0) is 19.3. The van der Waals surface area contributed by atoms with Crippen LogP contribution in [0.1, 0.15) is 27.0 Å². The molecule has 0 saturated carbocycles. The van der Waals surface area contributed by atoms with Crippen LogP contribution < -0.4 is 10.2 Å². The number of halogens is 1. The van der Waals surface area contributed by atoms with Gasteiger partial charge in [0, 0.05) is 32.0 Å². The van der Waals surface area contributed by atoms with Crippen LogP contribution in [-0.2, 0) is 19.4 Å². The zero-order valence-corrected chi connectivity index (χ0v) is 15.4. The molecule has 4 rings (SSSR count). The average molecular weight is 376 g/mol. The molecule has 5 nitrogen and oxygen atoms in total. The van der Waals surface area contributed by atoms with Crippen LogP contribution in [0.25, 0.3) is 0 Å². The van der Waals surface area contributed by atoms with Gasteiger partial charge in [0.05, 0.1) is 5.56 Å². The van der Waals surface area contributed by atoms with Gasteiger partial charge >= 0.3 is 0 Å². The monoisotopic (exact) mass is 376 g/mol. The summed E-state index contributed by atoms with van der Waals surface area (Å²) >= 11 is 0. The number of nitrogens with zero attached hydrogens (tertiary/aromatic N) is 3. The lowest BCUT2D eigenvalue weighted by Gasteiger charge is -2.28. The maximum atomic E-state index is 13.6. The van der Waals surface area contributed by atoms with Crippen molar-refractivity contribution in [3.8, 4) is 0 Å². The molecule has 1 aromatic heterocycles. The Morgan fingerprint density at radius 3 is 2.54 bits per heavy atom. The van der Waals surface area contributed by atoms with Gasteiger partial charge < -0.3 is 10.2 Å². The molecule has 1 amide bonds. The van der Waals surface area contributed by atoms with Crippen molar-refractivity contribution in [2.45, 2.75) is 19.4 Å². The second kappa shape index (κ2) is 8.17. The van der Waals surface area contributed by atoms with Crippen molar-refractivity contribution in [3.05, 3.63) is 89.0 Å². The summed E-state index contributed by atoms with van der Waals surface area (Å²) < 4.78 is 13.6. The maximum Gasteiger partial charge on any atom is 0.254 e. The Kier molecular flexibility index (Phi) is 5.28. The van der Waals surface area contributed by atoms with E-state index in [9.17, 15) is 9.18 Å². The van der Waals surface area contributed by atoms with Gasteiger partial charge in [0.15, 0.2) is 0 Å². The first-order chi connectivity index (χ1) is 13.7. The standard InChI is InChI=1S/C22H21FN4O/c23-20-8-4-3-6-17(20)9-11-24-21(28)19-13-25-22(26-14-19)27-12-10-16-5-1-2-7-18(16)15-27/h1-8,13-14H,9-12,15H2,(H,24,28). The number of carbonyl (C=O) groups is 1. The quantitative estimate of drug-likeness (QED) is 0.743. The average Bonchev–Trinajstić information content (AvgIpc) is 2.75. The molecule has 28 heavy (non-hydrogen) atoms. The number of rotatable bonds is 5. The molecule has 2 heterocycles. The van der Waals surface area contributed by atoms with Gasteiger partial charge in [-0.15, -0.1) is 0 Å². The van der Waals surface area contributed by atoms with Gasteiger partial charge in [0.1, 0.15) is 5.82 Å². The first-order valence-corrected chi connectivity index (χ1v) is 9.36. The highest BCUT2D eigenvalue weighted by molar-refractivity contribution is 5.93. The fraction of sp³-hybridized carbons (Fsp3) is 0.227. The molecule has 0 spiro atoms. The molecule has 0 bridgehead atoms. The minimum atomic E-state index is -0.258. The minimum absolute atomic E-state index is 0.257. The fourth-order valence-corrected chi connectivity index (χ4v) is 3.38. The lowest BCUT2D eigenvalue weighted by Crippen LogP contribution is -2.32. The van der Waals surface area contributed by atoms with E-state index in [1.165, 1.54) is 17.2 Å². The molecule has 142 valence electrons. The highest BCUT2D eigenvalue weighted by Gasteiger charge is 2.18. The van der Waals surface area contributed by atoms with E-state index in [1.54, 1.807) is 30.6 Å². The number of fused-ring (bicyclic) bond motifs is 1. The van der Waals surface area contributed by atoms with Crippen LogP contribution in [0.5, 0.6) is 0 Å². The first kappa shape index (κ1) is 18.1. The van der Waals surface area contributed by atoms with Gasteiger partial charge in [-0.25, -0.2) is 14.4 Å². The van der Waals surface area contributed by atoms with Gasteiger partial charge in [-0.1, -0.05) is 42.5 Å². The van der Waals surface area contributed by atoms with Gasteiger partial charge in [0.25, 0.3) is 5.91 Å². The molecule has 0 saturated heterocycles. The van der Waals surface area contributed by atoms with E-state index in [1.807, 2.05) is 6.07 Å². The predicted molar refractivity (Wildman–Crippen MR) is 106 cm³/mol.